The van der Waals surface area contributed by atoms with Gasteiger partial charge in [-0.1, -0.05) is 72.8 Å². The predicted octanol–water partition coefficient (Wildman–Crippen LogP) is 7.38. The highest BCUT2D eigenvalue weighted by Crippen LogP contribution is 2.32. The van der Waals surface area contributed by atoms with Crippen LogP contribution in [0, 0.1) is 13.8 Å². The molecule has 0 saturated heterocycles. The van der Waals surface area contributed by atoms with Crippen LogP contribution in [0.15, 0.2) is 109 Å². The first-order valence-corrected chi connectivity index (χ1v) is 15.1. The van der Waals surface area contributed by atoms with Gasteiger partial charge >= 0.3 is 11.9 Å². The molecule has 0 saturated carbocycles. The number of benzene rings is 5. The number of hydrogen-bond acceptors (Lipinski definition) is 7. The molecule has 6 aromatic rings. The molecule has 2 heterocycles. The highest BCUT2D eigenvalue weighted by atomic mass is 16.5. The van der Waals surface area contributed by atoms with Crippen LogP contribution in [-0.2, 0) is 17.9 Å². The lowest BCUT2D eigenvalue weighted by atomic mass is 10.0. The second-order valence-electron chi connectivity index (χ2n) is 11.5. The summed E-state index contributed by atoms with van der Waals surface area (Å²) in [5.41, 5.74) is 5.37. The van der Waals surface area contributed by atoms with Crippen molar-refractivity contribution in [1.82, 2.24) is 9.88 Å². The van der Waals surface area contributed by atoms with E-state index in [2.05, 4.69) is 0 Å². The minimum absolute atomic E-state index is 0.0646. The van der Waals surface area contributed by atoms with E-state index in [4.69, 9.17) is 14.5 Å². The van der Waals surface area contributed by atoms with Crippen LogP contribution in [0.5, 0.6) is 5.75 Å². The summed E-state index contributed by atoms with van der Waals surface area (Å²) in [6.07, 6.45) is 0. The molecule has 230 valence electrons. The lowest BCUT2D eigenvalue weighted by molar-refractivity contribution is 0.0471. The molecule has 47 heavy (non-hydrogen) atoms. The zero-order valence-corrected chi connectivity index (χ0v) is 25.7. The van der Waals surface area contributed by atoms with E-state index in [9.17, 15) is 19.2 Å². The topological polar surface area (TPSA) is 103 Å². The highest BCUT2D eigenvalue weighted by molar-refractivity contribution is 6.21. The van der Waals surface area contributed by atoms with Gasteiger partial charge in [0.15, 0.2) is 0 Å². The second-order valence-corrected chi connectivity index (χ2v) is 11.5. The van der Waals surface area contributed by atoms with Crippen LogP contribution in [0.25, 0.3) is 21.8 Å². The highest BCUT2D eigenvalue weighted by Gasteiger charge is 2.35. The van der Waals surface area contributed by atoms with Gasteiger partial charge in [0, 0.05) is 10.8 Å². The number of amides is 2. The monoisotopic (exact) mass is 620 g/mol. The molecule has 0 spiro atoms. The number of aromatic nitrogens is 1. The molecule has 0 bridgehead atoms. The Morgan fingerprint density at radius 1 is 0.660 bits per heavy atom. The van der Waals surface area contributed by atoms with Crippen LogP contribution >= 0.6 is 0 Å². The first-order valence-electron chi connectivity index (χ1n) is 15.1. The molecule has 0 atom stereocenters. The Hall–Kier alpha value is -6.15. The molecule has 0 radical (unpaired) electrons. The Morgan fingerprint density at radius 2 is 1.28 bits per heavy atom. The maximum Gasteiger partial charge on any atom is 0.344 e. The van der Waals surface area contributed by atoms with Crippen LogP contribution in [0.2, 0.25) is 0 Å². The van der Waals surface area contributed by atoms with Crippen molar-refractivity contribution in [1.29, 1.82) is 0 Å². The molecule has 7 rings (SSSR count). The average molecular weight is 621 g/mol. The van der Waals surface area contributed by atoms with E-state index < -0.39 is 11.9 Å². The number of nitrogens with zero attached hydrogens (tertiary/aromatic N) is 2. The smallest absolute Gasteiger partial charge is 0.344 e. The quantitative estimate of drug-likeness (QED) is 0.0794. The van der Waals surface area contributed by atoms with E-state index in [1.165, 1.54) is 4.90 Å². The molecule has 1 aliphatic rings. The number of carbonyl (C=O) groups is 4. The zero-order valence-electron chi connectivity index (χ0n) is 25.7. The van der Waals surface area contributed by atoms with E-state index >= 15 is 0 Å². The maximum absolute atomic E-state index is 14.0. The molecule has 5 aromatic carbocycles. The van der Waals surface area contributed by atoms with Crippen molar-refractivity contribution in [3.05, 3.63) is 154 Å². The molecular weight excluding hydrogens is 592 g/mol. The summed E-state index contributed by atoms with van der Waals surface area (Å²) in [6.45, 7) is 3.77. The van der Waals surface area contributed by atoms with Crippen LogP contribution < -0.4 is 4.74 Å². The maximum atomic E-state index is 14.0. The fourth-order valence-corrected chi connectivity index (χ4v) is 6.00. The Balaban J connectivity index is 1.18. The standard InChI is InChI=1S/C39H28N2O6/c1-23-18-27(38(44)46-22-25-10-4-3-5-11-25)19-24(2)35(23)47-39(45)34-30-14-8-9-15-32(30)40-33-20-26(16-17-31(33)34)21-41-36(42)28-12-6-7-13-29(28)37(41)43/h3-20H,21-22H2,1-2H3. The third-order valence-electron chi connectivity index (χ3n) is 8.27. The number of aryl methyl sites for hydroxylation is 2. The predicted molar refractivity (Wildman–Crippen MR) is 176 cm³/mol. The van der Waals surface area contributed by atoms with Gasteiger partial charge < -0.3 is 9.47 Å². The molecule has 0 unspecified atom stereocenters. The van der Waals surface area contributed by atoms with Crippen molar-refractivity contribution in [2.75, 3.05) is 0 Å². The number of rotatable bonds is 7. The van der Waals surface area contributed by atoms with E-state index in [0.717, 1.165) is 5.56 Å². The number of hydrogen-bond donors (Lipinski definition) is 0. The summed E-state index contributed by atoms with van der Waals surface area (Å²) in [6, 6.07) is 32.1. The zero-order chi connectivity index (χ0) is 32.7. The molecule has 1 aromatic heterocycles. The molecule has 8 nitrogen and oxygen atoms in total. The molecule has 0 aliphatic carbocycles. The molecule has 1 aliphatic heterocycles. The largest absolute Gasteiger partial charge is 0.457 e. The lowest BCUT2D eigenvalue weighted by Gasteiger charge is -2.16. The number of ether oxygens (including phenoxy) is 2. The number of carbonyl (C=O) groups excluding carboxylic acids is 4. The van der Waals surface area contributed by atoms with Gasteiger partial charge in [-0.25, -0.2) is 14.6 Å². The van der Waals surface area contributed by atoms with Gasteiger partial charge in [-0.2, -0.15) is 0 Å². The third kappa shape index (κ3) is 5.50. The number of pyridine rings is 1. The first kappa shape index (κ1) is 29.6. The van der Waals surface area contributed by atoms with Gasteiger partial charge in [0.05, 0.1) is 39.8 Å². The van der Waals surface area contributed by atoms with E-state index in [1.807, 2.05) is 54.6 Å². The number of esters is 2. The summed E-state index contributed by atoms with van der Waals surface area (Å²) in [5, 5.41) is 1.19. The Kier molecular flexibility index (Phi) is 7.53. The summed E-state index contributed by atoms with van der Waals surface area (Å²) >= 11 is 0. The Labute approximate surface area is 270 Å². The first-order chi connectivity index (χ1) is 22.8. The van der Waals surface area contributed by atoms with Crippen molar-refractivity contribution in [3.63, 3.8) is 0 Å². The van der Waals surface area contributed by atoms with E-state index in [1.54, 1.807) is 68.4 Å². The van der Waals surface area contributed by atoms with Crippen molar-refractivity contribution in [2.45, 2.75) is 27.0 Å². The average Bonchev–Trinajstić information content (AvgIpc) is 3.32. The Morgan fingerprint density at radius 3 is 1.98 bits per heavy atom. The van der Waals surface area contributed by atoms with Crippen molar-refractivity contribution < 1.29 is 28.7 Å². The number of imide groups is 1. The minimum Gasteiger partial charge on any atom is -0.457 e. The second kappa shape index (κ2) is 12.0. The normalized spacial score (nSPS) is 12.4. The van der Waals surface area contributed by atoms with Gasteiger partial charge in [0.25, 0.3) is 11.8 Å². The minimum atomic E-state index is -0.577. The molecule has 8 heteroatoms. The summed E-state index contributed by atoms with van der Waals surface area (Å²) in [7, 11) is 0. The van der Waals surface area contributed by atoms with Crippen LogP contribution in [0.3, 0.4) is 0 Å². The van der Waals surface area contributed by atoms with Gasteiger partial charge in [-0.05, 0) is 72.5 Å². The number of para-hydroxylation sites is 1. The third-order valence-corrected chi connectivity index (χ3v) is 8.27. The van der Waals surface area contributed by atoms with Crippen LogP contribution in [0.1, 0.15) is 63.7 Å². The molecule has 2 amide bonds. The van der Waals surface area contributed by atoms with Crippen molar-refractivity contribution in [2.24, 2.45) is 0 Å². The van der Waals surface area contributed by atoms with Crippen molar-refractivity contribution in [3.8, 4) is 5.75 Å². The van der Waals surface area contributed by atoms with Crippen LogP contribution in [-0.4, -0.2) is 33.6 Å². The Bertz CT molecular complexity index is 2200. The fraction of sp³-hybridized carbons (Fsp3) is 0.103. The van der Waals surface area contributed by atoms with Gasteiger partial charge in [0.1, 0.15) is 12.4 Å². The summed E-state index contributed by atoms with van der Waals surface area (Å²) in [5.74, 6) is -1.38. The SMILES string of the molecule is Cc1cc(C(=O)OCc2ccccc2)cc(C)c1OC(=O)c1c2ccccc2nc2cc(CN3C(=O)c4ccccc4C3=O)ccc12. The summed E-state index contributed by atoms with van der Waals surface area (Å²) < 4.78 is 11.5. The van der Waals surface area contributed by atoms with Crippen LogP contribution in [0.4, 0.5) is 0 Å². The van der Waals surface area contributed by atoms with E-state index in [-0.39, 0.29) is 25.0 Å². The van der Waals surface area contributed by atoms with Gasteiger partial charge in [0.2, 0.25) is 0 Å². The van der Waals surface area contributed by atoms with Crippen molar-refractivity contribution >= 4 is 45.6 Å². The number of fused-ring (bicyclic) bond motifs is 3. The molecular formula is C39H28N2O6. The lowest BCUT2D eigenvalue weighted by Crippen LogP contribution is -2.29. The van der Waals surface area contributed by atoms with Gasteiger partial charge in [-0.3, -0.25) is 14.5 Å². The summed E-state index contributed by atoms with van der Waals surface area (Å²) in [4.78, 5) is 58.7. The van der Waals surface area contributed by atoms with E-state index in [0.29, 0.717) is 66.5 Å². The fourth-order valence-electron chi connectivity index (χ4n) is 6.00. The van der Waals surface area contributed by atoms with Gasteiger partial charge in [-0.15, -0.1) is 0 Å². The molecule has 0 fully saturated rings. The molecule has 0 N–H and O–H groups in total.